The highest BCUT2D eigenvalue weighted by Gasteiger charge is 2.14. The van der Waals surface area contributed by atoms with Gasteiger partial charge < -0.3 is 15.0 Å². The van der Waals surface area contributed by atoms with Crippen LogP contribution in [-0.2, 0) is 0 Å². The van der Waals surface area contributed by atoms with Gasteiger partial charge in [0.1, 0.15) is 11.4 Å². The Kier molecular flexibility index (Phi) is 3.45. The third kappa shape index (κ3) is 2.66. The lowest BCUT2D eigenvalue weighted by Gasteiger charge is -2.03. The summed E-state index contributed by atoms with van der Waals surface area (Å²) in [5, 5.41) is 4.44. The lowest BCUT2D eigenvalue weighted by atomic mass is 10.1. The van der Waals surface area contributed by atoms with Crippen LogP contribution in [0.25, 0.3) is 23.0 Å². The molecule has 0 bridgehead atoms. The van der Waals surface area contributed by atoms with Gasteiger partial charge in [-0.25, -0.2) is 0 Å². The Morgan fingerprint density at radius 1 is 1.24 bits per heavy atom. The highest BCUT2D eigenvalue weighted by molar-refractivity contribution is 6.30. The van der Waals surface area contributed by atoms with E-state index in [1.165, 1.54) is 6.20 Å². The summed E-state index contributed by atoms with van der Waals surface area (Å²) in [6.45, 7) is 0. The smallest absolute Gasteiger partial charge is 0.260 e. The molecule has 0 radical (unpaired) electrons. The molecule has 1 aromatic carbocycles. The van der Waals surface area contributed by atoms with Crippen LogP contribution in [0.1, 0.15) is 0 Å². The largest absolute Gasteiger partial charge is 0.497 e. The van der Waals surface area contributed by atoms with Crippen LogP contribution in [0.4, 0.5) is 5.69 Å². The molecule has 3 rings (SSSR count). The maximum Gasteiger partial charge on any atom is 0.260 e. The minimum absolute atomic E-state index is 0.304. The first-order valence-corrected chi connectivity index (χ1v) is 6.44. The van der Waals surface area contributed by atoms with E-state index in [0.29, 0.717) is 39.4 Å². The third-order valence-corrected chi connectivity index (χ3v) is 3.10. The molecular formula is C14H11ClN4O2. The van der Waals surface area contributed by atoms with E-state index in [0.717, 1.165) is 0 Å². The van der Waals surface area contributed by atoms with Crippen LogP contribution in [-0.4, -0.2) is 22.2 Å². The molecule has 0 aliphatic rings. The average Bonchev–Trinajstić information content (AvgIpc) is 2.98. The fraction of sp³-hybridized carbons (Fsp3) is 0.0714. The van der Waals surface area contributed by atoms with E-state index in [9.17, 15) is 0 Å². The van der Waals surface area contributed by atoms with Gasteiger partial charge in [-0.3, -0.25) is 4.98 Å². The van der Waals surface area contributed by atoms with Crippen LogP contribution in [0.15, 0.2) is 41.1 Å². The van der Waals surface area contributed by atoms with Crippen LogP contribution in [0.2, 0.25) is 5.02 Å². The standard InChI is InChI=1S/C14H11ClN4O2/c1-20-9-3-4-11(16)10(6-9)14-18-13(19-21-14)12-5-2-8(15)7-17-12/h2-7H,16H2,1H3. The van der Waals surface area contributed by atoms with E-state index < -0.39 is 0 Å². The molecule has 21 heavy (non-hydrogen) atoms. The predicted octanol–water partition coefficient (Wildman–Crippen LogP) is 3.04. The number of nitrogens with two attached hydrogens (primary N) is 1. The lowest BCUT2D eigenvalue weighted by Crippen LogP contribution is -1.92. The molecule has 0 atom stereocenters. The Bertz CT molecular complexity index is 771. The van der Waals surface area contributed by atoms with E-state index in [4.69, 9.17) is 26.6 Å². The molecule has 0 aliphatic heterocycles. The van der Waals surface area contributed by atoms with E-state index in [1.807, 2.05) is 0 Å². The van der Waals surface area contributed by atoms with Crippen molar-refractivity contribution in [1.82, 2.24) is 15.1 Å². The highest BCUT2D eigenvalue weighted by Crippen LogP contribution is 2.29. The first-order valence-electron chi connectivity index (χ1n) is 6.07. The zero-order chi connectivity index (χ0) is 14.8. The number of ether oxygens (including phenoxy) is 1. The van der Waals surface area contributed by atoms with Gasteiger partial charge in [0.2, 0.25) is 5.82 Å². The SMILES string of the molecule is COc1ccc(N)c(-c2nc(-c3ccc(Cl)cn3)no2)c1. The average molecular weight is 303 g/mol. The number of hydrogen-bond donors (Lipinski definition) is 1. The van der Waals surface area contributed by atoms with Gasteiger partial charge >= 0.3 is 0 Å². The molecule has 0 aliphatic carbocycles. The summed E-state index contributed by atoms with van der Waals surface area (Å²) in [6.07, 6.45) is 1.52. The third-order valence-electron chi connectivity index (χ3n) is 2.87. The molecular weight excluding hydrogens is 292 g/mol. The molecule has 0 saturated heterocycles. The van der Waals surface area contributed by atoms with E-state index >= 15 is 0 Å². The number of nitrogens with zero attached hydrogens (tertiary/aromatic N) is 3. The molecule has 0 fully saturated rings. The second-order valence-electron chi connectivity index (χ2n) is 4.24. The zero-order valence-corrected chi connectivity index (χ0v) is 11.8. The summed E-state index contributed by atoms with van der Waals surface area (Å²) in [5.74, 6) is 1.32. The Labute approximate surface area is 125 Å². The molecule has 7 heteroatoms. The van der Waals surface area contributed by atoms with Crippen LogP contribution in [0.3, 0.4) is 0 Å². The van der Waals surface area contributed by atoms with E-state index in [-0.39, 0.29) is 0 Å². The van der Waals surface area contributed by atoms with Gasteiger partial charge in [-0.1, -0.05) is 16.8 Å². The molecule has 2 aromatic heterocycles. The molecule has 0 saturated carbocycles. The van der Waals surface area contributed by atoms with Crippen LogP contribution >= 0.6 is 11.6 Å². The molecule has 0 spiro atoms. The van der Waals surface area contributed by atoms with Crippen molar-refractivity contribution in [2.24, 2.45) is 0 Å². The maximum absolute atomic E-state index is 5.93. The number of rotatable bonds is 3. The molecule has 0 unspecified atom stereocenters. The van der Waals surface area contributed by atoms with Crippen molar-refractivity contribution in [3.05, 3.63) is 41.6 Å². The van der Waals surface area contributed by atoms with Gasteiger partial charge in [0.05, 0.1) is 17.7 Å². The molecule has 2 heterocycles. The van der Waals surface area contributed by atoms with Crippen molar-refractivity contribution in [2.75, 3.05) is 12.8 Å². The number of pyridine rings is 1. The molecule has 0 amide bonds. The van der Waals surface area contributed by atoms with E-state index in [2.05, 4.69) is 15.1 Å². The molecule has 2 N–H and O–H groups in total. The van der Waals surface area contributed by atoms with Crippen molar-refractivity contribution in [1.29, 1.82) is 0 Å². The predicted molar refractivity (Wildman–Crippen MR) is 78.9 cm³/mol. The first kappa shape index (κ1) is 13.4. The summed E-state index contributed by atoms with van der Waals surface area (Å²) in [6, 6.07) is 8.64. The number of methoxy groups -OCH3 is 1. The topological polar surface area (TPSA) is 87.1 Å². The lowest BCUT2D eigenvalue weighted by molar-refractivity contribution is 0.413. The van der Waals surface area contributed by atoms with Crippen LogP contribution < -0.4 is 10.5 Å². The van der Waals surface area contributed by atoms with Crippen molar-refractivity contribution in [3.8, 4) is 28.7 Å². The monoisotopic (exact) mass is 302 g/mol. The number of anilines is 1. The maximum atomic E-state index is 5.93. The van der Waals surface area contributed by atoms with Gasteiger partial charge in [-0.2, -0.15) is 4.98 Å². The van der Waals surface area contributed by atoms with E-state index in [1.54, 1.807) is 37.4 Å². The molecule has 106 valence electrons. The normalized spacial score (nSPS) is 10.6. The first-order chi connectivity index (χ1) is 10.2. The number of hydrogen-bond acceptors (Lipinski definition) is 6. The number of halogens is 1. The summed E-state index contributed by atoms with van der Waals surface area (Å²) in [4.78, 5) is 8.44. The number of aromatic nitrogens is 3. The fourth-order valence-electron chi connectivity index (χ4n) is 1.79. The Hall–Kier alpha value is -2.60. The fourth-order valence-corrected chi connectivity index (χ4v) is 1.90. The molecule has 3 aromatic rings. The Morgan fingerprint density at radius 3 is 2.81 bits per heavy atom. The van der Waals surface area contributed by atoms with Gasteiger partial charge in [-0.05, 0) is 30.3 Å². The van der Waals surface area contributed by atoms with Crippen molar-refractivity contribution < 1.29 is 9.26 Å². The number of benzene rings is 1. The zero-order valence-electron chi connectivity index (χ0n) is 11.1. The highest BCUT2D eigenvalue weighted by atomic mass is 35.5. The van der Waals surface area contributed by atoms with Gasteiger partial charge in [0.25, 0.3) is 5.89 Å². The minimum Gasteiger partial charge on any atom is -0.497 e. The van der Waals surface area contributed by atoms with Crippen molar-refractivity contribution in [2.45, 2.75) is 0 Å². The minimum atomic E-state index is 0.304. The summed E-state index contributed by atoms with van der Waals surface area (Å²) < 4.78 is 10.4. The van der Waals surface area contributed by atoms with Crippen molar-refractivity contribution >= 4 is 17.3 Å². The Balaban J connectivity index is 2.00. The van der Waals surface area contributed by atoms with Crippen LogP contribution in [0, 0.1) is 0 Å². The van der Waals surface area contributed by atoms with Gasteiger partial charge in [0.15, 0.2) is 0 Å². The number of nitrogen functional groups attached to an aromatic ring is 1. The van der Waals surface area contributed by atoms with Gasteiger partial charge in [0, 0.05) is 11.9 Å². The second-order valence-corrected chi connectivity index (χ2v) is 4.67. The summed E-state index contributed by atoms with van der Waals surface area (Å²) in [7, 11) is 1.58. The van der Waals surface area contributed by atoms with Crippen LogP contribution in [0.5, 0.6) is 5.75 Å². The summed E-state index contributed by atoms with van der Waals surface area (Å²) >= 11 is 5.80. The Morgan fingerprint density at radius 2 is 2.10 bits per heavy atom. The second kappa shape index (κ2) is 5.41. The quantitative estimate of drug-likeness (QED) is 0.748. The summed E-state index contributed by atoms with van der Waals surface area (Å²) in [5.41, 5.74) is 7.63. The van der Waals surface area contributed by atoms with Gasteiger partial charge in [-0.15, -0.1) is 0 Å². The molecule has 6 nitrogen and oxygen atoms in total. The van der Waals surface area contributed by atoms with Crippen molar-refractivity contribution in [3.63, 3.8) is 0 Å².